The lowest BCUT2D eigenvalue weighted by Gasteiger charge is -2.16. The first-order valence-corrected chi connectivity index (χ1v) is 8.66. The van der Waals surface area contributed by atoms with Crippen LogP contribution in [0.2, 0.25) is 5.02 Å². The molecule has 1 aromatic carbocycles. The number of hydrogen-bond donors (Lipinski definition) is 1. The predicted molar refractivity (Wildman–Crippen MR) is 96.0 cm³/mol. The van der Waals surface area contributed by atoms with Crippen molar-refractivity contribution in [3.63, 3.8) is 0 Å². The summed E-state index contributed by atoms with van der Waals surface area (Å²) in [7, 11) is 1.90. The van der Waals surface area contributed by atoms with Crippen LogP contribution in [0, 0.1) is 3.57 Å². The van der Waals surface area contributed by atoms with Crippen LogP contribution in [0.3, 0.4) is 0 Å². The molecule has 0 bridgehead atoms. The Bertz CT molecular complexity index is 654. The van der Waals surface area contributed by atoms with Crippen LogP contribution in [-0.4, -0.2) is 17.0 Å². The molecule has 1 aromatic heterocycles. The molecule has 0 amide bonds. The zero-order chi connectivity index (χ0) is 14.8. The highest BCUT2D eigenvalue weighted by molar-refractivity contribution is 14.1. The Morgan fingerprint density at radius 1 is 1.19 bits per heavy atom. The predicted octanol–water partition coefficient (Wildman–Crippen LogP) is 5.10. The summed E-state index contributed by atoms with van der Waals surface area (Å²) in [4.78, 5) is 9.49. The van der Waals surface area contributed by atoms with Crippen molar-refractivity contribution in [2.24, 2.45) is 0 Å². The second-order valence-electron chi connectivity index (χ2n) is 5.31. The monoisotopic (exact) mass is 413 g/mol. The van der Waals surface area contributed by atoms with Gasteiger partial charge in [-0.05, 0) is 47.6 Å². The average molecular weight is 414 g/mol. The van der Waals surface area contributed by atoms with E-state index in [0.717, 1.165) is 15.0 Å². The number of nitrogens with zero attached hydrogens (tertiary/aromatic N) is 2. The second-order valence-corrected chi connectivity index (χ2v) is 6.79. The minimum Gasteiger partial charge on any atom is -0.372 e. The van der Waals surface area contributed by atoms with Gasteiger partial charge in [-0.2, -0.15) is 0 Å². The van der Waals surface area contributed by atoms with Gasteiger partial charge in [0.2, 0.25) is 0 Å². The van der Waals surface area contributed by atoms with Gasteiger partial charge in [0.1, 0.15) is 5.82 Å². The zero-order valence-corrected chi connectivity index (χ0v) is 14.8. The molecule has 2 aromatic rings. The molecule has 5 heteroatoms. The highest BCUT2D eigenvalue weighted by Gasteiger charge is 2.24. The van der Waals surface area contributed by atoms with Gasteiger partial charge in [0.05, 0.1) is 14.3 Å². The normalized spacial score (nSPS) is 15.4. The molecule has 110 valence electrons. The molecule has 21 heavy (non-hydrogen) atoms. The van der Waals surface area contributed by atoms with Crippen LogP contribution >= 0.6 is 34.2 Å². The molecule has 0 atom stereocenters. The van der Waals surface area contributed by atoms with Crippen molar-refractivity contribution in [1.82, 2.24) is 9.97 Å². The van der Waals surface area contributed by atoms with E-state index in [1.54, 1.807) is 0 Å². The minimum absolute atomic E-state index is 0.549. The number of halogens is 2. The van der Waals surface area contributed by atoms with Crippen molar-refractivity contribution in [3.8, 4) is 11.4 Å². The molecule has 1 aliphatic rings. The molecular weight excluding hydrogens is 397 g/mol. The first kappa shape index (κ1) is 15.0. The molecule has 3 nitrogen and oxygen atoms in total. The summed E-state index contributed by atoms with van der Waals surface area (Å²) in [6.07, 6.45) is 5.03. The lowest BCUT2D eigenvalue weighted by atomic mass is 10.0. The van der Waals surface area contributed by atoms with Gasteiger partial charge in [0, 0.05) is 18.5 Å². The maximum atomic E-state index is 6.30. The number of rotatable bonds is 3. The summed E-state index contributed by atoms with van der Waals surface area (Å²) >= 11 is 8.66. The average Bonchev–Trinajstić information content (AvgIpc) is 3.02. The first-order valence-electron chi connectivity index (χ1n) is 7.20. The minimum atomic E-state index is 0.549. The third-order valence-electron chi connectivity index (χ3n) is 3.97. The van der Waals surface area contributed by atoms with Crippen LogP contribution in [0.15, 0.2) is 24.3 Å². The highest BCUT2D eigenvalue weighted by atomic mass is 127. The molecular formula is C16H17ClIN3. The highest BCUT2D eigenvalue weighted by Crippen LogP contribution is 2.38. The van der Waals surface area contributed by atoms with Gasteiger partial charge >= 0.3 is 0 Å². The van der Waals surface area contributed by atoms with Crippen LogP contribution < -0.4 is 5.32 Å². The molecule has 0 spiro atoms. The number of aromatic nitrogens is 2. The van der Waals surface area contributed by atoms with E-state index < -0.39 is 0 Å². The van der Waals surface area contributed by atoms with E-state index in [-0.39, 0.29) is 0 Å². The summed E-state index contributed by atoms with van der Waals surface area (Å²) in [5.74, 6) is 2.16. The maximum Gasteiger partial charge on any atom is 0.163 e. The SMILES string of the molecule is CNc1nc(-c2ccccc2Cl)nc(C2CCCC2)c1I. The van der Waals surface area contributed by atoms with Crippen molar-refractivity contribution in [2.45, 2.75) is 31.6 Å². The molecule has 0 radical (unpaired) electrons. The van der Waals surface area contributed by atoms with Crippen LogP contribution in [-0.2, 0) is 0 Å². The van der Waals surface area contributed by atoms with E-state index in [9.17, 15) is 0 Å². The molecule has 0 saturated heterocycles. The Balaban J connectivity index is 2.13. The van der Waals surface area contributed by atoms with E-state index in [0.29, 0.717) is 16.8 Å². The standard InChI is InChI=1S/C16H17ClIN3/c1-19-16-13(18)14(10-6-2-3-7-10)20-15(21-16)11-8-4-5-9-12(11)17/h4-5,8-10H,2-3,6-7H2,1H3,(H,19,20,21). The van der Waals surface area contributed by atoms with Gasteiger partial charge in [0.15, 0.2) is 5.82 Å². The van der Waals surface area contributed by atoms with Crippen molar-refractivity contribution >= 4 is 40.0 Å². The summed E-state index contributed by atoms with van der Waals surface area (Å²) < 4.78 is 1.14. The third kappa shape index (κ3) is 3.01. The van der Waals surface area contributed by atoms with Crippen molar-refractivity contribution in [1.29, 1.82) is 0 Å². The quantitative estimate of drug-likeness (QED) is 0.711. The maximum absolute atomic E-state index is 6.30. The second kappa shape index (κ2) is 6.48. The summed E-state index contributed by atoms with van der Waals surface area (Å²) in [6, 6.07) is 7.75. The molecule has 0 aliphatic heterocycles. The summed E-state index contributed by atoms with van der Waals surface area (Å²) in [5, 5.41) is 3.88. The molecule has 1 aliphatic carbocycles. The van der Waals surface area contributed by atoms with E-state index in [1.807, 2.05) is 31.3 Å². The van der Waals surface area contributed by atoms with Crippen LogP contribution in [0.25, 0.3) is 11.4 Å². The molecule has 1 N–H and O–H groups in total. The molecule has 1 heterocycles. The van der Waals surface area contributed by atoms with Crippen molar-refractivity contribution < 1.29 is 0 Å². The Hall–Kier alpha value is -0.880. The smallest absolute Gasteiger partial charge is 0.163 e. The van der Waals surface area contributed by atoms with Crippen molar-refractivity contribution in [2.75, 3.05) is 12.4 Å². The largest absolute Gasteiger partial charge is 0.372 e. The fourth-order valence-corrected chi connectivity index (χ4v) is 4.03. The topological polar surface area (TPSA) is 37.8 Å². The fraction of sp³-hybridized carbons (Fsp3) is 0.375. The zero-order valence-electron chi connectivity index (χ0n) is 11.9. The van der Waals surface area contributed by atoms with Gasteiger partial charge in [-0.25, -0.2) is 9.97 Å². The molecule has 1 fully saturated rings. The van der Waals surface area contributed by atoms with Gasteiger partial charge in [-0.1, -0.05) is 36.6 Å². The first-order chi connectivity index (χ1) is 10.2. The van der Waals surface area contributed by atoms with E-state index in [4.69, 9.17) is 16.6 Å². The fourth-order valence-electron chi connectivity index (χ4n) is 2.86. The van der Waals surface area contributed by atoms with Gasteiger partial charge < -0.3 is 5.32 Å². The lowest BCUT2D eigenvalue weighted by molar-refractivity contribution is 0.691. The molecule has 1 saturated carbocycles. The van der Waals surface area contributed by atoms with Crippen molar-refractivity contribution in [3.05, 3.63) is 38.6 Å². The molecule has 0 unspecified atom stereocenters. The Morgan fingerprint density at radius 2 is 1.90 bits per heavy atom. The van der Waals surface area contributed by atoms with Crippen LogP contribution in [0.1, 0.15) is 37.3 Å². The summed E-state index contributed by atoms with van der Waals surface area (Å²) in [5.41, 5.74) is 2.06. The van der Waals surface area contributed by atoms with Crippen LogP contribution in [0.5, 0.6) is 0 Å². The Labute approximate surface area is 143 Å². The van der Waals surface area contributed by atoms with E-state index in [2.05, 4.69) is 32.9 Å². The number of benzene rings is 1. The summed E-state index contributed by atoms with van der Waals surface area (Å²) in [6.45, 7) is 0. The number of anilines is 1. The van der Waals surface area contributed by atoms with Gasteiger partial charge in [0.25, 0.3) is 0 Å². The van der Waals surface area contributed by atoms with Crippen LogP contribution in [0.4, 0.5) is 5.82 Å². The van der Waals surface area contributed by atoms with E-state index in [1.165, 1.54) is 31.4 Å². The molecule has 3 rings (SSSR count). The number of hydrogen-bond acceptors (Lipinski definition) is 3. The number of nitrogens with one attached hydrogen (secondary N) is 1. The van der Waals surface area contributed by atoms with Gasteiger partial charge in [-0.3, -0.25) is 0 Å². The Morgan fingerprint density at radius 3 is 2.57 bits per heavy atom. The lowest BCUT2D eigenvalue weighted by Crippen LogP contribution is -2.08. The van der Waals surface area contributed by atoms with E-state index >= 15 is 0 Å². The third-order valence-corrected chi connectivity index (χ3v) is 5.36. The van der Waals surface area contributed by atoms with Gasteiger partial charge in [-0.15, -0.1) is 0 Å². The Kier molecular flexibility index (Phi) is 4.64.